The summed E-state index contributed by atoms with van der Waals surface area (Å²) in [4.78, 5) is 53.9. The van der Waals surface area contributed by atoms with E-state index in [-0.39, 0.29) is 30.1 Å². The van der Waals surface area contributed by atoms with E-state index in [2.05, 4.69) is 10.6 Å². The smallest absolute Gasteiger partial charge is 0.411 e. The van der Waals surface area contributed by atoms with Crippen molar-refractivity contribution in [3.05, 3.63) is 54.1 Å². The summed E-state index contributed by atoms with van der Waals surface area (Å²) in [7, 11) is 0. The number of rotatable bonds is 8. The summed E-state index contributed by atoms with van der Waals surface area (Å²) in [5.41, 5.74) is 1.49. The molecule has 2 N–H and O–H groups in total. The molecule has 1 fully saturated rings. The van der Waals surface area contributed by atoms with Crippen molar-refractivity contribution in [2.75, 3.05) is 28.7 Å². The lowest BCUT2D eigenvalue weighted by Crippen LogP contribution is -2.62. The monoisotopic (exact) mass is 492 g/mol. The molecule has 0 saturated carbocycles. The zero-order chi connectivity index (χ0) is 25.9. The lowest BCUT2D eigenvalue weighted by Gasteiger charge is -2.48. The average molecular weight is 493 g/mol. The third-order valence-electron chi connectivity index (χ3n) is 6.47. The van der Waals surface area contributed by atoms with E-state index in [0.29, 0.717) is 55.0 Å². The summed E-state index contributed by atoms with van der Waals surface area (Å²) in [5.74, 6) is -0.0931. The highest BCUT2D eigenvalue weighted by Gasteiger charge is 2.52. The van der Waals surface area contributed by atoms with Crippen LogP contribution in [0.1, 0.15) is 56.8 Å². The van der Waals surface area contributed by atoms with Crippen molar-refractivity contribution < 1.29 is 23.9 Å². The molecule has 36 heavy (non-hydrogen) atoms. The largest absolute Gasteiger partial charge is 0.449 e. The van der Waals surface area contributed by atoms with Gasteiger partial charge in [0, 0.05) is 30.8 Å². The summed E-state index contributed by atoms with van der Waals surface area (Å²) < 4.78 is 5.12. The molecule has 1 atom stereocenters. The van der Waals surface area contributed by atoms with Crippen LogP contribution in [-0.2, 0) is 14.3 Å². The molecule has 4 rings (SSSR count). The molecule has 9 nitrogen and oxygen atoms in total. The van der Waals surface area contributed by atoms with Gasteiger partial charge in [-0.3, -0.25) is 24.6 Å². The maximum absolute atomic E-state index is 13.3. The number of carbonyl (C=O) groups is 4. The maximum atomic E-state index is 13.3. The van der Waals surface area contributed by atoms with E-state index in [1.165, 1.54) is 0 Å². The van der Waals surface area contributed by atoms with Gasteiger partial charge in [-0.25, -0.2) is 4.79 Å². The summed E-state index contributed by atoms with van der Waals surface area (Å²) in [5, 5.41) is 5.48. The number of fused-ring (bicyclic) bond motifs is 3. The summed E-state index contributed by atoms with van der Waals surface area (Å²) >= 11 is 0. The molecule has 2 aliphatic heterocycles. The van der Waals surface area contributed by atoms with Crippen LogP contribution >= 0.6 is 0 Å². The van der Waals surface area contributed by atoms with Crippen molar-refractivity contribution in [3.8, 4) is 0 Å². The van der Waals surface area contributed by atoms with Crippen molar-refractivity contribution >= 4 is 40.9 Å². The number of ether oxygens (including phenoxy) is 1. The highest BCUT2D eigenvalue weighted by Crippen LogP contribution is 2.44. The Balaban J connectivity index is 1.34. The fourth-order valence-electron chi connectivity index (χ4n) is 4.73. The van der Waals surface area contributed by atoms with Crippen molar-refractivity contribution in [3.63, 3.8) is 0 Å². The molecular weight excluding hydrogens is 460 g/mol. The molecule has 2 aromatic rings. The Morgan fingerprint density at radius 3 is 2.53 bits per heavy atom. The van der Waals surface area contributed by atoms with Gasteiger partial charge >= 0.3 is 6.09 Å². The van der Waals surface area contributed by atoms with E-state index in [1.807, 2.05) is 32.9 Å². The van der Waals surface area contributed by atoms with Gasteiger partial charge in [0.25, 0.3) is 5.91 Å². The number of nitrogens with zero attached hydrogens (tertiary/aromatic N) is 2. The number of benzene rings is 2. The topological polar surface area (TPSA) is 108 Å². The second-order valence-electron chi connectivity index (χ2n) is 9.77. The zero-order valence-corrected chi connectivity index (χ0v) is 20.9. The Kier molecular flexibility index (Phi) is 7.28. The predicted molar refractivity (Wildman–Crippen MR) is 137 cm³/mol. The fourth-order valence-corrected chi connectivity index (χ4v) is 4.73. The van der Waals surface area contributed by atoms with Crippen LogP contribution < -0.4 is 15.5 Å². The molecule has 2 aromatic carbocycles. The standard InChI is InChI=1S/C27H32N4O5/c1-18(2)17-36-26(35)29-20-9-6-8-19(16-20)28-23(32)12-7-15-30-25(34)21-10-4-5-11-22(21)31-24(33)13-14-27(30,31)3/h4-6,8-11,16,18H,7,12-15,17H2,1-3H3,(H,28,32)(H,29,35). The van der Waals surface area contributed by atoms with Gasteiger partial charge in [0.1, 0.15) is 5.66 Å². The second kappa shape index (κ2) is 10.4. The molecule has 0 radical (unpaired) electrons. The van der Waals surface area contributed by atoms with Crippen LogP contribution in [0, 0.1) is 5.92 Å². The molecular formula is C27H32N4O5. The maximum Gasteiger partial charge on any atom is 0.411 e. The summed E-state index contributed by atoms with van der Waals surface area (Å²) in [6.07, 6.45) is 1.02. The van der Waals surface area contributed by atoms with Gasteiger partial charge in [-0.1, -0.05) is 32.0 Å². The second-order valence-corrected chi connectivity index (χ2v) is 9.77. The Morgan fingerprint density at radius 1 is 1.06 bits per heavy atom. The normalized spacial score (nSPS) is 18.7. The van der Waals surface area contributed by atoms with Crippen LogP contribution in [0.3, 0.4) is 0 Å². The van der Waals surface area contributed by atoms with Crippen molar-refractivity contribution in [1.29, 1.82) is 0 Å². The number of carbonyl (C=O) groups excluding carboxylic acids is 4. The van der Waals surface area contributed by atoms with Crippen molar-refractivity contribution in [1.82, 2.24) is 4.90 Å². The van der Waals surface area contributed by atoms with Crippen LogP contribution in [0.4, 0.5) is 21.9 Å². The SMILES string of the molecule is CC(C)COC(=O)Nc1cccc(NC(=O)CCCN2C(=O)c3ccccc3N3C(=O)CCC23C)c1. The van der Waals surface area contributed by atoms with Crippen molar-refractivity contribution in [2.24, 2.45) is 5.92 Å². The number of anilines is 3. The lowest BCUT2D eigenvalue weighted by molar-refractivity contribution is -0.118. The van der Waals surface area contributed by atoms with E-state index < -0.39 is 11.8 Å². The van der Waals surface area contributed by atoms with Crippen LogP contribution in [0.5, 0.6) is 0 Å². The van der Waals surface area contributed by atoms with Gasteiger partial charge < -0.3 is 15.0 Å². The molecule has 0 aliphatic carbocycles. The first kappa shape index (κ1) is 25.2. The number of amides is 4. The first-order valence-corrected chi connectivity index (χ1v) is 12.3. The minimum absolute atomic E-state index is 0.00164. The van der Waals surface area contributed by atoms with Crippen LogP contribution in [0.2, 0.25) is 0 Å². The van der Waals surface area contributed by atoms with Crippen molar-refractivity contribution in [2.45, 2.75) is 52.1 Å². The molecule has 2 heterocycles. The predicted octanol–water partition coefficient (Wildman–Crippen LogP) is 4.61. The molecule has 1 saturated heterocycles. The van der Waals surface area contributed by atoms with E-state index >= 15 is 0 Å². The lowest BCUT2D eigenvalue weighted by atomic mass is 9.98. The molecule has 4 amide bonds. The fraction of sp³-hybridized carbons (Fsp3) is 0.407. The van der Waals surface area contributed by atoms with Gasteiger partial charge in [0.2, 0.25) is 11.8 Å². The molecule has 9 heteroatoms. The van der Waals surface area contributed by atoms with Crippen LogP contribution in [0.25, 0.3) is 0 Å². The minimum Gasteiger partial charge on any atom is -0.449 e. The molecule has 190 valence electrons. The highest BCUT2D eigenvalue weighted by molar-refractivity contribution is 6.10. The van der Waals surface area contributed by atoms with Gasteiger partial charge in [-0.15, -0.1) is 0 Å². The Hall–Kier alpha value is -3.88. The molecule has 1 unspecified atom stereocenters. The minimum atomic E-state index is -0.733. The molecule has 2 aliphatic rings. The van der Waals surface area contributed by atoms with E-state index in [1.54, 1.807) is 46.2 Å². The molecule has 0 spiro atoms. The zero-order valence-electron chi connectivity index (χ0n) is 20.9. The third kappa shape index (κ3) is 5.19. The number of hydrogen-bond acceptors (Lipinski definition) is 5. The number of para-hydroxylation sites is 1. The quantitative estimate of drug-likeness (QED) is 0.560. The highest BCUT2D eigenvalue weighted by atomic mass is 16.5. The number of nitrogens with one attached hydrogen (secondary N) is 2. The number of hydrogen-bond donors (Lipinski definition) is 2. The van der Waals surface area contributed by atoms with E-state index in [9.17, 15) is 19.2 Å². The van der Waals surface area contributed by atoms with Crippen LogP contribution in [0.15, 0.2) is 48.5 Å². The summed E-state index contributed by atoms with van der Waals surface area (Å²) in [6.45, 7) is 6.49. The summed E-state index contributed by atoms with van der Waals surface area (Å²) in [6, 6.07) is 14.0. The third-order valence-corrected chi connectivity index (χ3v) is 6.47. The molecule has 0 aromatic heterocycles. The van der Waals surface area contributed by atoms with Crippen LogP contribution in [-0.4, -0.2) is 47.5 Å². The first-order valence-electron chi connectivity index (χ1n) is 12.3. The first-order chi connectivity index (χ1) is 17.2. The van der Waals surface area contributed by atoms with E-state index in [0.717, 1.165) is 0 Å². The average Bonchev–Trinajstić information content (AvgIpc) is 3.15. The Labute approximate surface area is 210 Å². The van der Waals surface area contributed by atoms with Gasteiger partial charge in [-0.05, 0) is 56.0 Å². The van der Waals surface area contributed by atoms with Gasteiger partial charge in [0.05, 0.1) is 17.9 Å². The Bertz CT molecular complexity index is 1180. The van der Waals surface area contributed by atoms with E-state index in [4.69, 9.17) is 4.74 Å². The Morgan fingerprint density at radius 2 is 1.78 bits per heavy atom. The van der Waals surface area contributed by atoms with Gasteiger partial charge in [-0.2, -0.15) is 0 Å². The van der Waals surface area contributed by atoms with Gasteiger partial charge in [0.15, 0.2) is 0 Å². The molecule has 0 bridgehead atoms.